The molecule has 6 heteroatoms. The Kier molecular flexibility index (Phi) is 6.81. The first kappa shape index (κ1) is 22.0. The van der Waals surface area contributed by atoms with Gasteiger partial charge in [-0.25, -0.2) is 4.98 Å². The van der Waals surface area contributed by atoms with Crippen molar-refractivity contribution in [3.8, 4) is 0 Å². The summed E-state index contributed by atoms with van der Waals surface area (Å²) in [5.41, 5.74) is 4.93. The average Bonchev–Trinajstić information content (AvgIpc) is 3.27. The monoisotopic (exact) mass is 444 g/mol. The number of aryl methyl sites for hydroxylation is 1. The predicted molar refractivity (Wildman–Crippen MR) is 134 cm³/mol. The van der Waals surface area contributed by atoms with Gasteiger partial charge in [0.25, 0.3) is 5.91 Å². The van der Waals surface area contributed by atoms with Crippen LogP contribution in [-0.2, 0) is 13.0 Å². The third-order valence-corrected chi connectivity index (χ3v) is 6.67. The third kappa shape index (κ3) is 4.65. The van der Waals surface area contributed by atoms with Gasteiger partial charge in [0, 0.05) is 36.7 Å². The highest BCUT2D eigenvalue weighted by Crippen LogP contribution is 2.32. The Morgan fingerprint density at radius 1 is 0.969 bits per heavy atom. The number of anilines is 2. The van der Waals surface area contributed by atoms with Gasteiger partial charge in [-0.3, -0.25) is 14.7 Å². The molecule has 0 aliphatic rings. The van der Waals surface area contributed by atoms with Crippen molar-refractivity contribution in [1.82, 2.24) is 9.97 Å². The number of thiazole rings is 1. The van der Waals surface area contributed by atoms with E-state index in [1.165, 1.54) is 5.56 Å². The molecular formula is C26H28N4OS. The van der Waals surface area contributed by atoms with Gasteiger partial charge in [0.05, 0.1) is 16.8 Å². The predicted octanol–water partition coefficient (Wildman–Crippen LogP) is 5.95. The fraction of sp³-hybridized carbons (Fsp3) is 0.269. The van der Waals surface area contributed by atoms with Gasteiger partial charge in [-0.2, -0.15) is 0 Å². The van der Waals surface area contributed by atoms with Crippen molar-refractivity contribution >= 4 is 38.3 Å². The molecule has 1 amide bonds. The van der Waals surface area contributed by atoms with Crippen LogP contribution in [0.25, 0.3) is 10.2 Å². The number of hydrogen-bond acceptors (Lipinski definition) is 5. The highest BCUT2D eigenvalue weighted by atomic mass is 32.1. The lowest BCUT2D eigenvalue weighted by molar-refractivity contribution is 0.0985. The Hall–Kier alpha value is -3.25. The molecule has 164 valence electrons. The van der Waals surface area contributed by atoms with E-state index in [-0.39, 0.29) is 5.91 Å². The zero-order valence-corrected chi connectivity index (χ0v) is 19.6. The highest BCUT2D eigenvalue weighted by molar-refractivity contribution is 7.22. The molecule has 4 rings (SSSR count). The van der Waals surface area contributed by atoms with Gasteiger partial charge in [-0.05, 0) is 73.9 Å². The fourth-order valence-corrected chi connectivity index (χ4v) is 4.78. The molecule has 2 heterocycles. The molecule has 0 saturated carbocycles. The number of benzene rings is 2. The average molecular weight is 445 g/mol. The number of fused-ring (bicyclic) bond motifs is 1. The number of carbonyl (C=O) groups excluding carboxylic acids is 1. The smallest absolute Gasteiger partial charge is 0.260 e. The van der Waals surface area contributed by atoms with E-state index in [0.29, 0.717) is 17.2 Å². The normalized spacial score (nSPS) is 11.0. The minimum Gasteiger partial charge on any atom is -0.372 e. The minimum atomic E-state index is -0.0604. The summed E-state index contributed by atoms with van der Waals surface area (Å²) in [6, 6.07) is 18.1. The van der Waals surface area contributed by atoms with Crippen LogP contribution in [0.15, 0.2) is 67.0 Å². The molecule has 4 aromatic rings. The summed E-state index contributed by atoms with van der Waals surface area (Å²) in [5, 5.41) is 0.704. The van der Waals surface area contributed by atoms with Crippen LogP contribution in [0.3, 0.4) is 0 Å². The Bertz CT molecular complexity index is 1180. The molecule has 2 aromatic heterocycles. The number of aromatic nitrogens is 2. The van der Waals surface area contributed by atoms with Gasteiger partial charge in [-0.1, -0.05) is 30.4 Å². The number of carbonyl (C=O) groups is 1. The summed E-state index contributed by atoms with van der Waals surface area (Å²) < 4.78 is 1.10. The molecule has 5 nitrogen and oxygen atoms in total. The molecule has 0 unspecified atom stereocenters. The molecule has 0 aliphatic heterocycles. The van der Waals surface area contributed by atoms with Crippen molar-refractivity contribution in [3.05, 3.63) is 83.7 Å². The van der Waals surface area contributed by atoms with Crippen molar-refractivity contribution in [2.24, 2.45) is 0 Å². The van der Waals surface area contributed by atoms with Crippen molar-refractivity contribution in [2.45, 2.75) is 33.7 Å². The second kappa shape index (κ2) is 9.92. The topological polar surface area (TPSA) is 49.3 Å². The van der Waals surface area contributed by atoms with Crippen LogP contribution >= 0.6 is 11.3 Å². The first-order valence-electron chi connectivity index (χ1n) is 11.1. The SMILES string of the molecule is CCc1ccc2nc(N(Cc3cccnc3)C(=O)c3ccc(N(CC)CC)cc3)sc2c1. The van der Waals surface area contributed by atoms with Crippen LogP contribution in [0.5, 0.6) is 0 Å². The molecule has 0 fully saturated rings. The van der Waals surface area contributed by atoms with E-state index in [1.807, 2.05) is 42.5 Å². The molecule has 0 N–H and O–H groups in total. The van der Waals surface area contributed by atoms with Crippen molar-refractivity contribution < 1.29 is 4.79 Å². The van der Waals surface area contributed by atoms with E-state index in [4.69, 9.17) is 4.98 Å². The van der Waals surface area contributed by atoms with Gasteiger partial charge in [0.1, 0.15) is 0 Å². The van der Waals surface area contributed by atoms with Crippen LogP contribution in [0.4, 0.5) is 10.8 Å². The van der Waals surface area contributed by atoms with E-state index in [1.54, 1.807) is 28.6 Å². The van der Waals surface area contributed by atoms with Crippen LogP contribution in [0, 0.1) is 0 Å². The summed E-state index contributed by atoms with van der Waals surface area (Å²) >= 11 is 1.56. The zero-order valence-electron chi connectivity index (χ0n) is 18.8. The third-order valence-electron chi connectivity index (χ3n) is 5.63. The molecule has 32 heavy (non-hydrogen) atoms. The maximum atomic E-state index is 13.6. The standard InChI is InChI=1S/C26H28N4OS/c1-4-19-9-14-23-24(16-19)32-26(28-23)30(18-20-8-7-15-27-17-20)25(31)21-10-12-22(13-11-21)29(5-2)6-3/h7-17H,4-6,18H2,1-3H3. The van der Waals surface area contributed by atoms with Crippen molar-refractivity contribution in [3.63, 3.8) is 0 Å². The molecule has 0 atom stereocenters. The second-order valence-electron chi connectivity index (χ2n) is 7.62. The fourth-order valence-electron chi connectivity index (χ4n) is 3.75. The van der Waals surface area contributed by atoms with E-state index in [9.17, 15) is 4.79 Å². The lowest BCUT2D eigenvalue weighted by Gasteiger charge is -2.22. The van der Waals surface area contributed by atoms with E-state index >= 15 is 0 Å². The van der Waals surface area contributed by atoms with Gasteiger partial charge in [0.15, 0.2) is 5.13 Å². The van der Waals surface area contributed by atoms with Gasteiger partial charge in [0.2, 0.25) is 0 Å². The largest absolute Gasteiger partial charge is 0.372 e. The van der Waals surface area contributed by atoms with Gasteiger partial charge < -0.3 is 4.90 Å². The maximum Gasteiger partial charge on any atom is 0.260 e. The van der Waals surface area contributed by atoms with Crippen molar-refractivity contribution in [2.75, 3.05) is 22.9 Å². The first-order valence-corrected chi connectivity index (χ1v) is 11.9. The zero-order chi connectivity index (χ0) is 22.5. The molecule has 0 spiro atoms. The quantitative estimate of drug-likeness (QED) is 0.337. The summed E-state index contributed by atoms with van der Waals surface area (Å²) in [7, 11) is 0. The summed E-state index contributed by atoms with van der Waals surface area (Å²) in [4.78, 5) is 26.7. The lowest BCUT2D eigenvalue weighted by atomic mass is 10.1. The van der Waals surface area contributed by atoms with Gasteiger partial charge >= 0.3 is 0 Å². The Morgan fingerprint density at radius 3 is 2.41 bits per heavy atom. The van der Waals surface area contributed by atoms with Crippen LogP contribution in [-0.4, -0.2) is 29.0 Å². The number of nitrogens with zero attached hydrogens (tertiary/aromatic N) is 4. The van der Waals surface area contributed by atoms with E-state index in [2.05, 4.69) is 42.8 Å². The minimum absolute atomic E-state index is 0.0604. The van der Waals surface area contributed by atoms with Crippen LogP contribution in [0.1, 0.15) is 42.3 Å². The molecule has 0 aliphatic carbocycles. The Morgan fingerprint density at radius 2 is 1.75 bits per heavy atom. The highest BCUT2D eigenvalue weighted by Gasteiger charge is 2.22. The molecule has 0 radical (unpaired) electrons. The lowest BCUT2D eigenvalue weighted by Crippen LogP contribution is -2.30. The molecule has 0 saturated heterocycles. The van der Waals surface area contributed by atoms with Crippen molar-refractivity contribution in [1.29, 1.82) is 0 Å². The van der Waals surface area contributed by atoms with Crippen LogP contribution < -0.4 is 9.80 Å². The number of hydrogen-bond donors (Lipinski definition) is 0. The van der Waals surface area contributed by atoms with E-state index < -0.39 is 0 Å². The molecule has 2 aromatic carbocycles. The molecule has 0 bridgehead atoms. The Balaban J connectivity index is 1.70. The molecular weight excluding hydrogens is 416 g/mol. The maximum absolute atomic E-state index is 13.6. The van der Waals surface area contributed by atoms with E-state index in [0.717, 1.165) is 41.0 Å². The summed E-state index contributed by atoms with van der Waals surface area (Å²) in [5.74, 6) is -0.0604. The second-order valence-corrected chi connectivity index (χ2v) is 8.63. The van der Waals surface area contributed by atoms with Crippen LogP contribution in [0.2, 0.25) is 0 Å². The summed E-state index contributed by atoms with van der Waals surface area (Å²) in [6.45, 7) is 8.70. The summed E-state index contributed by atoms with van der Waals surface area (Å²) in [6.07, 6.45) is 4.51. The first-order chi connectivity index (χ1) is 15.6. The Labute approximate surface area is 193 Å². The number of pyridine rings is 1. The number of rotatable bonds is 8. The number of amides is 1. The van der Waals surface area contributed by atoms with Gasteiger partial charge in [-0.15, -0.1) is 0 Å².